The molecule has 4 rings (SSSR count). The number of methoxy groups -OCH3 is 2. The second-order valence-electron chi connectivity index (χ2n) is 7.07. The molecule has 0 spiro atoms. The van der Waals surface area contributed by atoms with Crippen LogP contribution in [0.25, 0.3) is 10.8 Å². The van der Waals surface area contributed by atoms with E-state index in [-0.39, 0.29) is 18.4 Å². The van der Waals surface area contributed by atoms with Gasteiger partial charge in [0.25, 0.3) is 0 Å². The van der Waals surface area contributed by atoms with Crippen LogP contribution in [0.2, 0.25) is 0 Å². The van der Waals surface area contributed by atoms with E-state index in [1.165, 1.54) is 0 Å². The van der Waals surface area contributed by atoms with Gasteiger partial charge in [-0.25, -0.2) is 0 Å². The summed E-state index contributed by atoms with van der Waals surface area (Å²) < 4.78 is 11.5. The van der Waals surface area contributed by atoms with Crippen molar-refractivity contribution in [2.75, 3.05) is 27.3 Å². The minimum absolute atomic E-state index is 0.00659. The lowest BCUT2D eigenvalue weighted by Gasteiger charge is -2.44. The number of carbonyl (C=O) groups excluding carboxylic acids is 2. The van der Waals surface area contributed by atoms with Gasteiger partial charge in [0, 0.05) is 34.9 Å². The number of ether oxygens (including phenoxy) is 2. The van der Waals surface area contributed by atoms with Gasteiger partial charge in [-0.1, -0.05) is 31.2 Å². The summed E-state index contributed by atoms with van der Waals surface area (Å²) in [5, 5.41) is 1.92. The Hall–Kier alpha value is -2.76. The van der Waals surface area contributed by atoms with Gasteiger partial charge in [0.2, 0.25) is 11.8 Å². The third-order valence-corrected chi connectivity index (χ3v) is 5.58. The van der Waals surface area contributed by atoms with Crippen molar-refractivity contribution in [2.45, 2.75) is 32.4 Å². The fraction of sp³-hybridized carbons (Fsp3) is 0.429. The average molecular weight is 368 g/mol. The second-order valence-corrected chi connectivity index (χ2v) is 7.07. The number of hydrogen-bond acceptors (Lipinski definition) is 4. The van der Waals surface area contributed by atoms with Crippen LogP contribution in [0.1, 0.15) is 24.5 Å². The van der Waals surface area contributed by atoms with E-state index in [0.717, 1.165) is 39.8 Å². The summed E-state index contributed by atoms with van der Waals surface area (Å²) in [5.41, 5.74) is 1.91. The highest BCUT2D eigenvalue weighted by Crippen LogP contribution is 2.44. The van der Waals surface area contributed by atoms with Crippen LogP contribution < -0.4 is 9.47 Å². The Morgan fingerprint density at radius 3 is 2.22 bits per heavy atom. The zero-order valence-electron chi connectivity index (χ0n) is 15.9. The molecule has 0 saturated carbocycles. The van der Waals surface area contributed by atoms with Crippen LogP contribution in [-0.2, 0) is 22.6 Å². The van der Waals surface area contributed by atoms with Crippen LogP contribution in [0.15, 0.2) is 24.3 Å². The van der Waals surface area contributed by atoms with Gasteiger partial charge < -0.3 is 19.3 Å². The Labute approximate surface area is 158 Å². The Morgan fingerprint density at radius 1 is 1.00 bits per heavy atom. The Kier molecular flexibility index (Phi) is 4.42. The van der Waals surface area contributed by atoms with E-state index in [0.29, 0.717) is 19.5 Å². The van der Waals surface area contributed by atoms with Crippen molar-refractivity contribution in [3.8, 4) is 11.5 Å². The molecule has 1 atom stereocenters. The second kappa shape index (κ2) is 6.76. The Bertz CT molecular complexity index is 924. The standard InChI is InChI=1S/C21H24N2O4/c1-4-9-22-12-18(24)23-11-16-15(10-17(23)21(22)25)19(26-2)13-7-5-6-8-14(13)20(16)27-3/h5-8,17H,4,9-12H2,1-3H3. The lowest BCUT2D eigenvalue weighted by molar-refractivity contribution is -0.157. The van der Waals surface area contributed by atoms with Gasteiger partial charge in [-0.15, -0.1) is 0 Å². The average Bonchev–Trinajstić information content (AvgIpc) is 2.69. The molecule has 0 bridgehead atoms. The van der Waals surface area contributed by atoms with Crippen molar-refractivity contribution in [2.24, 2.45) is 0 Å². The number of rotatable bonds is 4. The molecule has 6 nitrogen and oxygen atoms in total. The minimum atomic E-state index is -0.468. The highest BCUT2D eigenvalue weighted by Gasteiger charge is 2.43. The monoisotopic (exact) mass is 368 g/mol. The molecular weight excluding hydrogens is 344 g/mol. The number of piperazine rings is 1. The van der Waals surface area contributed by atoms with Gasteiger partial charge in [-0.3, -0.25) is 9.59 Å². The molecule has 1 saturated heterocycles. The molecule has 0 radical (unpaired) electrons. The molecule has 0 aromatic heterocycles. The summed E-state index contributed by atoms with van der Waals surface area (Å²) in [4.78, 5) is 29.1. The molecule has 2 aliphatic heterocycles. The summed E-state index contributed by atoms with van der Waals surface area (Å²) in [5.74, 6) is 1.55. The largest absolute Gasteiger partial charge is 0.496 e. The molecule has 1 unspecified atom stereocenters. The lowest BCUT2D eigenvalue weighted by atomic mass is 9.87. The molecule has 2 aliphatic rings. The van der Waals surface area contributed by atoms with Crippen molar-refractivity contribution >= 4 is 22.6 Å². The van der Waals surface area contributed by atoms with Crippen molar-refractivity contribution < 1.29 is 19.1 Å². The zero-order valence-corrected chi connectivity index (χ0v) is 15.9. The summed E-state index contributed by atoms with van der Waals surface area (Å²) >= 11 is 0. The molecule has 27 heavy (non-hydrogen) atoms. The third-order valence-electron chi connectivity index (χ3n) is 5.58. The molecule has 6 heteroatoms. The molecule has 2 amide bonds. The maximum absolute atomic E-state index is 13.0. The topological polar surface area (TPSA) is 59.1 Å². The normalized spacial score (nSPS) is 19.1. The minimum Gasteiger partial charge on any atom is -0.496 e. The van der Waals surface area contributed by atoms with Crippen LogP contribution in [0.4, 0.5) is 0 Å². The first kappa shape index (κ1) is 17.6. The van der Waals surface area contributed by atoms with Gasteiger partial charge in [0.05, 0.1) is 27.3 Å². The van der Waals surface area contributed by atoms with Gasteiger partial charge in [-0.05, 0) is 6.42 Å². The number of carbonyl (C=O) groups is 2. The molecule has 0 N–H and O–H groups in total. The van der Waals surface area contributed by atoms with Crippen molar-refractivity contribution in [3.05, 3.63) is 35.4 Å². The maximum atomic E-state index is 13.0. The highest BCUT2D eigenvalue weighted by molar-refractivity contribution is 5.99. The van der Waals surface area contributed by atoms with E-state index in [4.69, 9.17) is 9.47 Å². The molecule has 2 aromatic rings. The van der Waals surface area contributed by atoms with E-state index in [2.05, 4.69) is 0 Å². The van der Waals surface area contributed by atoms with Gasteiger partial charge >= 0.3 is 0 Å². The number of nitrogens with zero attached hydrogens (tertiary/aromatic N) is 2. The number of fused-ring (bicyclic) bond motifs is 3. The van der Waals surface area contributed by atoms with Crippen LogP contribution in [-0.4, -0.2) is 55.0 Å². The van der Waals surface area contributed by atoms with E-state index >= 15 is 0 Å². The van der Waals surface area contributed by atoms with Crippen molar-refractivity contribution in [1.29, 1.82) is 0 Å². The van der Waals surface area contributed by atoms with Crippen LogP contribution in [0.3, 0.4) is 0 Å². The van der Waals surface area contributed by atoms with Gasteiger partial charge in [0.15, 0.2) is 0 Å². The molecule has 2 aromatic carbocycles. The Morgan fingerprint density at radius 2 is 1.63 bits per heavy atom. The quantitative estimate of drug-likeness (QED) is 0.831. The van der Waals surface area contributed by atoms with E-state index in [1.807, 2.05) is 31.2 Å². The number of hydrogen-bond donors (Lipinski definition) is 0. The molecule has 142 valence electrons. The smallest absolute Gasteiger partial charge is 0.246 e. The first-order valence-electron chi connectivity index (χ1n) is 9.33. The van der Waals surface area contributed by atoms with E-state index in [9.17, 15) is 9.59 Å². The number of amides is 2. The zero-order chi connectivity index (χ0) is 19.1. The predicted molar refractivity (Wildman–Crippen MR) is 102 cm³/mol. The molecule has 1 fully saturated rings. The van der Waals surface area contributed by atoms with Crippen LogP contribution in [0.5, 0.6) is 11.5 Å². The maximum Gasteiger partial charge on any atom is 0.246 e. The predicted octanol–water partition coefficient (Wildman–Crippen LogP) is 2.36. The first-order valence-corrected chi connectivity index (χ1v) is 9.33. The highest BCUT2D eigenvalue weighted by atomic mass is 16.5. The fourth-order valence-corrected chi connectivity index (χ4v) is 4.40. The van der Waals surface area contributed by atoms with Crippen LogP contribution in [0, 0.1) is 0 Å². The third kappa shape index (κ3) is 2.62. The van der Waals surface area contributed by atoms with E-state index in [1.54, 1.807) is 24.0 Å². The molecule has 2 heterocycles. The number of benzene rings is 2. The SMILES string of the molecule is CCCN1CC(=O)N2Cc3c(c(OC)c4ccccc4c3OC)CC2C1=O. The lowest BCUT2D eigenvalue weighted by Crippen LogP contribution is -2.61. The molecule has 0 aliphatic carbocycles. The molecular formula is C21H24N2O4. The van der Waals surface area contributed by atoms with Crippen molar-refractivity contribution in [3.63, 3.8) is 0 Å². The van der Waals surface area contributed by atoms with Gasteiger partial charge in [0.1, 0.15) is 17.5 Å². The summed E-state index contributed by atoms with van der Waals surface area (Å²) in [6.45, 7) is 3.15. The van der Waals surface area contributed by atoms with E-state index < -0.39 is 6.04 Å². The van der Waals surface area contributed by atoms with Gasteiger partial charge in [-0.2, -0.15) is 0 Å². The van der Waals surface area contributed by atoms with Crippen LogP contribution >= 0.6 is 0 Å². The van der Waals surface area contributed by atoms with Crippen molar-refractivity contribution in [1.82, 2.24) is 9.80 Å². The summed E-state index contributed by atoms with van der Waals surface area (Å²) in [7, 11) is 3.30. The first-order chi connectivity index (χ1) is 13.1. The summed E-state index contributed by atoms with van der Waals surface area (Å²) in [6, 6.07) is 7.45. The Balaban J connectivity index is 1.88. The fourth-order valence-electron chi connectivity index (χ4n) is 4.40. The summed E-state index contributed by atoms with van der Waals surface area (Å²) in [6.07, 6.45) is 1.29.